The Labute approximate surface area is 88.2 Å². The third-order valence-electron chi connectivity index (χ3n) is 1.17. The van der Waals surface area contributed by atoms with Gasteiger partial charge in [0.05, 0.1) is 12.5 Å². The van der Waals surface area contributed by atoms with Gasteiger partial charge in [-0.25, -0.2) is 4.18 Å². The molecule has 10 heteroatoms. The first-order chi connectivity index (χ1) is 6.51. The predicted octanol–water partition coefficient (Wildman–Crippen LogP) is -3.13. The normalized spacial score (nSPS) is 17.3. The van der Waals surface area contributed by atoms with Gasteiger partial charge < -0.3 is 10.8 Å². The molecule has 92 valence electrons. The van der Waals surface area contributed by atoms with E-state index in [-0.39, 0.29) is 0 Å². The van der Waals surface area contributed by atoms with Crippen LogP contribution in [0.4, 0.5) is 0 Å². The topological polar surface area (TPSA) is 135 Å². The lowest BCUT2D eigenvalue weighted by atomic mass is 10.3. The van der Waals surface area contributed by atoms with Crippen LogP contribution in [0.2, 0.25) is 0 Å². The van der Waals surface area contributed by atoms with Gasteiger partial charge in [-0.2, -0.15) is 16.8 Å². The Morgan fingerprint density at radius 3 is 2.00 bits per heavy atom. The molecule has 0 saturated heterocycles. The fourth-order valence-electron chi connectivity index (χ4n) is 0.551. The van der Waals surface area contributed by atoms with Crippen molar-refractivity contribution < 1.29 is 36.0 Å². The molecule has 0 aromatic heterocycles. The van der Waals surface area contributed by atoms with E-state index < -0.39 is 39.2 Å². The van der Waals surface area contributed by atoms with Crippen LogP contribution in [0, 0.1) is 0 Å². The van der Waals surface area contributed by atoms with E-state index in [0.29, 0.717) is 0 Å². The van der Waals surface area contributed by atoms with Crippen molar-refractivity contribution in [3.8, 4) is 0 Å². The lowest BCUT2D eigenvalue weighted by Gasteiger charge is -2.14. The summed E-state index contributed by atoms with van der Waals surface area (Å²) in [5, 5.41) is 9.11. The van der Waals surface area contributed by atoms with Crippen molar-refractivity contribution in [1.29, 1.82) is 0 Å². The Morgan fingerprint density at radius 2 is 1.67 bits per heavy atom. The third-order valence-corrected chi connectivity index (χ3v) is 2.28. The van der Waals surface area contributed by atoms with Crippen LogP contribution in [0.1, 0.15) is 0 Å². The number of rotatable bonds is 6. The molecule has 0 fully saturated rings. The monoisotopic (exact) mass is 264 g/mol. The summed E-state index contributed by atoms with van der Waals surface area (Å²) in [6.45, 7) is -0.463. The molecule has 1 unspecified atom stereocenters. The zero-order valence-corrected chi connectivity index (χ0v) is 9.92. The Hall–Kier alpha value is -0.260. The molecule has 0 spiro atoms. The Kier molecular flexibility index (Phi) is 5.09. The Morgan fingerprint density at radius 1 is 1.20 bits per heavy atom. The van der Waals surface area contributed by atoms with E-state index >= 15 is 0 Å². The highest BCUT2D eigenvalue weighted by atomic mass is 32.2. The number of hydrogen-bond acceptors (Lipinski definition) is 7. The summed E-state index contributed by atoms with van der Waals surface area (Å²) >= 11 is 0. The van der Waals surface area contributed by atoms with Crippen molar-refractivity contribution in [2.24, 2.45) is 0 Å². The molecule has 0 saturated carbocycles. The van der Waals surface area contributed by atoms with Crippen molar-refractivity contribution in [2.45, 2.75) is 12.3 Å². The second kappa shape index (κ2) is 5.18. The molecule has 8 nitrogen and oxygen atoms in total. The van der Waals surface area contributed by atoms with Crippen molar-refractivity contribution in [1.82, 2.24) is 0 Å². The maximum Gasteiger partial charge on any atom is 0.267 e. The van der Waals surface area contributed by atoms with Gasteiger partial charge in [0.1, 0.15) is 6.61 Å². The number of aliphatic hydroxyl groups excluding tert-OH is 1. The molecule has 0 rings (SSSR count). The van der Waals surface area contributed by atoms with Crippen molar-refractivity contribution in [2.75, 3.05) is 19.1 Å². The Balaban J connectivity index is 4.17. The van der Waals surface area contributed by atoms with Crippen LogP contribution in [0.25, 0.3) is 0 Å². The summed E-state index contributed by atoms with van der Waals surface area (Å²) < 4.78 is 50.7. The van der Waals surface area contributed by atoms with E-state index in [4.69, 9.17) is 5.11 Å². The minimum atomic E-state index is -3.82. The average molecular weight is 264 g/mol. The first-order valence-electron chi connectivity index (χ1n) is 3.75. The highest BCUT2D eigenvalue weighted by Gasteiger charge is 2.24. The van der Waals surface area contributed by atoms with Crippen molar-refractivity contribution in [3.63, 3.8) is 0 Å². The number of quaternary nitrogens is 1. The summed E-state index contributed by atoms with van der Waals surface area (Å²) in [6.07, 6.45) is -0.161. The second-order valence-corrected chi connectivity index (χ2v) is 6.18. The minimum Gasteiger partial charge on any atom is -0.362 e. The van der Waals surface area contributed by atoms with Crippen LogP contribution in [0.5, 0.6) is 0 Å². The lowest BCUT2D eigenvalue weighted by molar-refractivity contribution is -0.456. The molecule has 0 aliphatic heterocycles. The summed E-state index contributed by atoms with van der Waals surface area (Å²) in [6, 6.07) is -1.03. The zero-order chi connectivity index (χ0) is 12.3. The van der Waals surface area contributed by atoms with Crippen LogP contribution in [-0.2, 0) is 28.6 Å². The standard InChI is InChI=1S/C5H13NO7S2/c1-14(8,9)12-3-4(6)5(7)13-15(2,10)11/h4-5,7H,3,6H2,1-2H3/p+1/t4-,5?/m0/s1. The van der Waals surface area contributed by atoms with Crippen LogP contribution < -0.4 is 5.73 Å². The van der Waals surface area contributed by atoms with E-state index in [1.165, 1.54) is 0 Å². The first-order valence-corrected chi connectivity index (χ1v) is 7.38. The highest BCUT2D eigenvalue weighted by Crippen LogP contribution is 1.99. The molecule has 0 aliphatic carbocycles. The third kappa shape index (κ3) is 8.72. The molecule has 0 bridgehead atoms. The quantitative estimate of drug-likeness (QED) is 0.382. The molecule has 2 atom stereocenters. The maximum atomic E-state index is 10.6. The van der Waals surface area contributed by atoms with E-state index in [2.05, 4.69) is 14.1 Å². The zero-order valence-electron chi connectivity index (χ0n) is 8.28. The van der Waals surface area contributed by atoms with Gasteiger partial charge in [0.15, 0.2) is 6.04 Å². The van der Waals surface area contributed by atoms with Crippen molar-refractivity contribution >= 4 is 20.2 Å². The van der Waals surface area contributed by atoms with E-state index in [9.17, 15) is 16.8 Å². The molecular formula is C5H14NO7S2+. The van der Waals surface area contributed by atoms with Crippen LogP contribution in [-0.4, -0.2) is 53.4 Å². The molecule has 0 aromatic carbocycles. The molecule has 0 heterocycles. The van der Waals surface area contributed by atoms with Gasteiger partial charge in [0.2, 0.25) is 6.29 Å². The van der Waals surface area contributed by atoms with Crippen LogP contribution >= 0.6 is 0 Å². The lowest BCUT2D eigenvalue weighted by Crippen LogP contribution is -2.69. The first kappa shape index (κ1) is 14.7. The summed E-state index contributed by atoms with van der Waals surface area (Å²) in [7, 11) is -7.47. The van der Waals surface area contributed by atoms with Crippen LogP contribution in [0.15, 0.2) is 0 Å². The van der Waals surface area contributed by atoms with E-state index in [0.717, 1.165) is 12.5 Å². The van der Waals surface area contributed by atoms with Gasteiger partial charge >= 0.3 is 0 Å². The molecule has 0 aliphatic rings. The fourth-order valence-corrected chi connectivity index (χ4v) is 1.49. The SMILES string of the molecule is CS(=O)(=O)OC[C@H]([NH3+])C(O)OS(C)(=O)=O. The molecule has 4 N–H and O–H groups in total. The average Bonchev–Trinajstić information content (AvgIpc) is 1.95. The molecule has 0 aromatic rings. The summed E-state index contributed by atoms with van der Waals surface area (Å²) in [4.78, 5) is 0. The van der Waals surface area contributed by atoms with Gasteiger partial charge in [0, 0.05) is 0 Å². The van der Waals surface area contributed by atoms with Gasteiger partial charge in [-0.15, -0.1) is 0 Å². The van der Waals surface area contributed by atoms with Gasteiger partial charge in [0.25, 0.3) is 20.2 Å². The number of aliphatic hydroxyl groups is 1. The maximum absolute atomic E-state index is 10.6. The number of hydrogen-bond donors (Lipinski definition) is 2. The molecule has 0 amide bonds. The molecule has 15 heavy (non-hydrogen) atoms. The van der Waals surface area contributed by atoms with E-state index in [1.54, 1.807) is 0 Å². The molecule has 0 radical (unpaired) electrons. The largest absolute Gasteiger partial charge is 0.362 e. The highest BCUT2D eigenvalue weighted by molar-refractivity contribution is 7.86. The summed E-state index contributed by atoms with van der Waals surface area (Å²) in [5.41, 5.74) is 3.30. The van der Waals surface area contributed by atoms with Crippen LogP contribution in [0.3, 0.4) is 0 Å². The van der Waals surface area contributed by atoms with E-state index in [1.807, 2.05) is 0 Å². The summed E-state index contributed by atoms with van der Waals surface area (Å²) in [5.74, 6) is 0. The van der Waals surface area contributed by atoms with Gasteiger partial charge in [-0.1, -0.05) is 0 Å². The predicted molar refractivity (Wildman–Crippen MR) is 49.4 cm³/mol. The van der Waals surface area contributed by atoms with Crippen molar-refractivity contribution in [3.05, 3.63) is 0 Å². The van der Waals surface area contributed by atoms with Gasteiger partial charge in [-0.05, 0) is 0 Å². The second-order valence-electron chi connectivity index (χ2n) is 2.94. The Bertz CT molecular complexity index is 386. The smallest absolute Gasteiger partial charge is 0.267 e. The minimum absolute atomic E-state index is 0.463. The fraction of sp³-hybridized carbons (Fsp3) is 1.00. The van der Waals surface area contributed by atoms with Gasteiger partial charge in [-0.3, -0.25) is 4.18 Å². The molecular weight excluding hydrogens is 250 g/mol.